The maximum absolute atomic E-state index is 5.86. The van der Waals surface area contributed by atoms with Crippen molar-refractivity contribution >= 4 is 29.8 Å². The summed E-state index contributed by atoms with van der Waals surface area (Å²) in [6.45, 7) is 0.860. The minimum Gasteiger partial charge on any atom is -0.366 e. The van der Waals surface area contributed by atoms with Gasteiger partial charge in [0, 0.05) is 24.2 Å². The van der Waals surface area contributed by atoms with Crippen LogP contribution in [0.1, 0.15) is 11.1 Å². The lowest BCUT2D eigenvalue weighted by Gasteiger charge is -1.97. The minimum atomic E-state index is 0. The molecule has 70 valence electrons. The molecule has 0 saturated heterocycles. The van der Waals surface area contributed by atoms with Gasteiger partial charge in [-0.15, -0.1) is 12.4 Å². The molecule has 13 heavy (non-hydrogen) atoms. The van der Waals surface area contributed by atoms with E-state index in [0.29, 0.717) is 0 Å². The van der Waals surface area contributed by atoms with E-state index in [4.69, 9.17) is 11.6 Å². The van der Waals surface area contributed by atoms with Gasteiger partial charge in [-0.1, -0.05) is 17.7 Å². The second-order valence-corrected chi connectivity index (χ2v) is 3.16. The van der Waals surface area contributed by atoms with Crippen molar-refractivity contribution in [3.63, 3.8) is 0 Å². The van der Waals surface area contributed by atoms with Gasteiger partial charge in [0.25, 0.3) is 0 Å². The molecule has 4 heteroatoms. The molecule has 2 nitrogen and oxygen atoms in total. The summed E-state index contributed by atoms with van der Waals surface area (Å²) in [5.74, 6) is 0.938. The van der Waals surface area contributed by atoms with Crippen molar-refractivity contribution in [1.29, 1.82) is 0 Å². The smallest absolute Gasteiger partial charge is 0.128 e. The Morgan fingerprint density at radius 3 is 2.92 bits per heavy atom. The molecule has 0 unspecified atom stereocenters. The Balaban J connectivity index is 0.000000845. The zero-order chi connectivity index (χ0) is 8.55. The van der Waals surface area contributed by atoms with Gasteiger partial charge in [-0.3, -0.25) is 4.99 Å². The van der Waals surface area contributed by atoms with Gasteiger partial charge >= 0.3 is 0 Å². The van der Waals surface area contributed by atoms with Crippen LogP contribution in [0.5, 0.6) is 0 Å². The largest absolute Gasteiger partial charge is 0.366 e. The lowest BCUT2D eigenvalue weighted by atomic mass is 10.1. The lowest BCUT2D eigenvalue weighted by molar-refractivity contribution is 0.960. The maximum Gasteiger partial charge on any atom is 0.128 e. The van der Waals surface area contributed by atoms with Crippen molar-refractivity contribution in [3.05, 3.63) is 34.3 Å². The predicted octanol–water partition coefficient (Wildman–Crippen LogP) is 2.24. The lowest BCUT2D eigenvalue weighted by Crippen LogP contribution is -2.14. The zero-order valence-electron chi connectivity index (χ0n) is 7.17. The average molecular weight is 217 g/mol. The minimum absolute atomic E-state index is 0. The van der Waals surface area contributed by atoms with E-state index >= 15 is 0 Å². The van der Waals surface area contributed by atoms with Crippen LogP contribution in [0, 0.1) is 0 Å². The number of hydrogen-bond donors (Lipinski definition) is 1. The second kappa shape index (κ2) is 3.99. The third-order valence-corrected chi connectivity index (χ3v) is 2.23. The fourth-order valence-electron chi connectivity index (χ4n) is 1.40. The van der Waals surface area contributed by atoms with Gasteiger partial charge in [-0.25, -0.2) is 0 Å². The summed E-state index contributed by atoms with van der Waals surface area (Å²) < 4.78 is 0. The molecule has 1 aromatic rings. The molecule has 0 atom stereocenters. The number of hydrogen-bond acceptors (Lipinski definition) is 1. The van der Waals surface area contributed by atoms with Crippen LogP contribution >= 0.6 is 24.0 Å². The molecular weight excluding hydrogens is 207 g/mol. The van der Waals surface area contributed by atoms with E-state index in [2.05, 4.69) is 10.3 Å². The third-order valence-electron chi connectivity index (χ3n) is 2.00. The van der Waals surface area contributed by atoms with E-state index in [9.17, 15) is 0 Å². The Hall–Kier alpha value is -0.730. The predicted molar refractivity (Wildman–Crippen MR) is 58.0 cm³/mol. The Morgan fingerprint density at radius 1 is 1.46 bits per heavy atom. The molecule has 1 N–H and O–H groups in total. The molecule has 0 saturated carbocycles. The standard InChI is InChI=1S/C9H9ClN2.ClH/c1-11-9-8-4-7(10)3-2-6(8)5-12-9;/h2-4H,5H2,1H3,(H,11,12);1H. The molecule has 1 aliphatic rings. The Morgan fingerprint density at radius 2 is 2.23 bits per heavy atom. The van der Waals surface area contributed by atoms with Crippen molar-refractivity contribution in [2.24, 2.45) is 4.99 Å². The first kappa shape index (κ1) is 10.4. The van der Waals surface area contributed by atoms with Crippen LogP contribution in [0.4, 0.5) is 0 Å². The van der Waals surface area contributed by atoms with Crippen LogP contribution in [0.15, 0.2) is 23.2 Å². The summed E-state index contributed by atoms with van der Waals surface area (Å²) >= 11 is 5.86. The molecule has 0 amide bonds. The zero-order valence-corrected chi connectivity index (χ0v) is 8.75. The molecule has 0 aromatic heterocycles. The van der Waals surface area contributed by atoms with E-state index in [0.717, 1.165) is 23.0 Å². The van der Waals surface area contributed by atoms with Crippen LogP contribution in [-0.2, 0) is 6.54 Å². The summed E-state index contributed by atoms with van der Waals surface area (Å²) in [6.07, 6.45) is 0. The molecule has 0 spiro atoms. The normalized spacial score (nSPS) is 16.3. The van der Waals surface area contributed by atoms with Gasteiger partial charge in [0.15, 0.2) is 0 Å². The van der Waals surface area contributed by atoms with E-state index in [-0.39, 0.29) is 12.4 Å². The Labute approximate surface area is 88.4 Å². The van der Waals surface area contributed by atoms with E-state index in [1.807, 2.05) is 18.2 Å². The van der Waals surface area contributed by atoms with Crippen molar-refractivity contribution in [3.8, 4) is 0 Å². The molecule has 0 radical (unpaired) electrons. The van der Waals surface area contributed by atoms with Crippen LogP contribution in [-0.4, -0.2) is 12.9 Å². The molecule has 0 bridgehead atoms. The quantitative estimate of drug-likeness (QED) is 0.708. The molecule has 1 aliphatic heterocycles. The Kier molecular flexibility index (Phi) is 3.17. The van der Waals surface area contributed by atoms with Crippen LogP contribution < -0.4 is 5.32 Å². The number of nitrogens with one attached hydrogen (secondary N) is 1. The third kappa shape index (κ3) is 1.79. The average Bonchev–Trinajstić information content (AvgIpc) is 2.46. The van der Waals surface area contributed by atoms with Crippen molar-refractivity contribution in [1.82, 2.24) is 5.32 Å². The van der Waals surface area contributed by atoms with Crippen LogP contribution in [0.25, 0.3) is 0 Å². The summed E-state index contributed by atoms with van der Waals surface area (Å²) in [7, 11) is 1.78. The molecule has 0 aliphatic carbocycles. The van der Waals surface area contributed by atoms with Crippen molar-refractivity contribution in [2.45, 2.75) is 6.54 Å². The first-order chi connectivity index (χ1) is 5.81. The first-order valence-electron chi connectivity index (χ1n) is 3.80. The summed E-state index contributed by atoms with van der Waals surface area (Å²) in [4.78, 5) is 4.12. The number of rotatable bonds is 0. The fraction of sp³-hybridized carbons (Fsp3) is 0.222. The monoisotopic (exact) mass is 216 g/mol. The highest BCUT2D eigenvalue weighted by molar-refractivity contribution is 6.31. The topological polar surface area (TPSA) is 24.4 Å². The van der Waals surface area contributed by atoms with Gasteiger partial charge in [0.1, 0.15) is 5.84 Å². The number of amidine groups is 1. The van der Waals surface area contributed by atoms with E-state index in [1.165, 1.54) is 5.56 Å². The molecular formula is C9H10Cl2N2. The molecule has 1 aromatic carbocycles. The van der Waals surface area contributed by atoms with E-state index < -0.39 is 0 Å². The highest BCUT2D eigenvalue weighted by Gasteiger charge is 2.15. The summed E-state index contributed by atoms with van der Waals surface area (Å²) in [6, 6.07) is 5.88. The highest BCUT2D eigenvalue weighted by Crippen LogP contribution is 2.20. The van der Waals surface area contributed by atoms with Gasteiger partial charge < -0.3 is 5.32 Å². The van der Waals surface area contributed by atoms with Gasteiger partial charge in [0.05, 0.1) is 0 Å². The van der Waals surface area contributed by atoms with Gasteiger partial charge in [-0.2, -0.15) is 0 Å². The van der Waals surface area contributed by atoms with E-state index in [1.54, 1.807) is 7.05 Å². The van der Waals surface area contributed by atoms with Gasteiger partial charge in [-0.05, 0) is 17.7 Å². The number of fused-ring (bicyclic) bond motifs is 1. The molecule has 2 rings (SSSR count). The highest BCUT2D eigenvalue weighted by atomic mass is 35.5. The van der Waals surface area contributed by atoms with Crippen molar-refractivity contribution in [2.75, 3.05) is 7.05 Å². The number of nitrogens with zero attached hydrogens (tertiary/aromatic N) is 1. The van der Waals surface area contributed by atoms with Crippen LogP contribution in [0.2, 0.25) is 5.02 Å². The molecule has 1 heterocycles. The maximum atomic E-state index is 5.86. The SMILES string of the molecule is CN=C1NCc2ccc(Cl)cc21.Cl. The van der Waals surface area contributed by atoms with Gasteiger partial charge in [0.2, 0.25) is 0 Å². The fourth-order valence-corrected chi connectivity index (χ4v) is 1.57. The first-order valence-corrected chi connectivity index (χ1v) is 4.18. The number of benzene rings is 1. The summed E-state index contributed by atoms with van der Waals surface area (Å²) in [5.41, 5.74) is 2.39. The summed E-state index contributed by atoms with van der Waals surface area (Å²) in [5, 5.41) is 3.95. The van der Waals surface area contributed by atoms with Crippen molar-refractivity contribution < 1.29 is 0 Å². The second-order valence-electron chi connectivity index (χ2n) is 2.73. The Bertz CT molecular complexity index is 347. The number of aliphatic imine (C=N–C) groups is 1. The van der Waals surface area contributed by atoms with Crippen LogP contribution in [0.3, 0.4) is 0 Å². The molecule has 0 fully saturated rings. The number of halogens is 2.